The average molecular weight is 490 g/mol. The van der Waals surface area contributed by atoms with Crippen molar-refractivity contribution in [1.29, 1.82) is 0 Å². The number of carbonyl (C=O) groups excluding carboxylic acids is 1. The minimum atomic E-state index is -3.46. The second kappa shape index (κ2) is 10.5. The number of anilines is 1. The van der Waals surface area contributed by atoms with Gasteiger partial charge in [-0.1, -0.05) is 6.07 Å². The van der Waals surface area contributed by atoms with Gasteiger partial charge in [-0.3, -0.25) is 14.0 Å². The van der Waals surface area contributed by atoms with E-state index in [0.29, 0.717) is 37.4 Å². The molecular weight excluding hydrogens is 458 g/mol. The van der Waals surface area contributed by atoms with Crippen molar-refractivity contribution in [2.24, 2.45) is 0 Å². The van der Waals surface area contributed by atoms with Crippen LogP contribution in [0.5, 0.6) is 17.2 Å². The van der Waals surface area contributed by atoms with Crippen LogP contribution >= 0.6 is 0 Å². The van der Waals surface area contributed by atoms with Crippen molar-refractivity contribution in [3.63, 3.8) is 0 Å². The summed E-state index contributed by atoms with van der Waals surface area (Å²) in [5.74, 6) is 2.28. The van der Waals surface area contributed by atoms with Crippen LogP contribution in [0.2, 0.25) is 0 Å². The molecule has 0 atom stereocenters. The van der Waals surface area contributed by atoms with Crippen LogP contribution < -0.4 is 18.5 Å². The van der Waals surface area contributed by atoms with Gasteiger partial charge < -0.3 is 19.1 Å². The molecule has 0 saturated carbocycles. The molecule has 4 rings (SSSR count). The van der Waals surface area contributed by atoms with E-state index in [1.807, 2.05) is 23.1 Å². The van der Waals surface area contributed by atoms with Crippen LogP contribution in [0.25, 0.3) is 0 Å². The number of ether oxygens (including phenoxy) is 3. The van der Waals surface area contributed by atoms with Crippen molar-refractivity contribution in [3.05, 3.63) is 48.0 Å². The summed E-state index contributed by atoms with van der Waals surface area (Å²) in [4.78, 5) is 16.9. The van der Waals surface area contributed by atoms with Gasteiger partial charge in [-0.05, 0) is 48.4 Å². The van der Waals surface area contributed by atoms with Crippen LogP contribution in [0.1, 0.15) is 18.4 Å². The average Bonchev–Trinajstić information content (AvgIpc) is 3.29. The third-order valence-electron chi connectivity index (χ3n) is 6.08. The maximum atomic E-state index is 12.7. The molecule has 184 valence electrons. The lowest BCUT2D eigenvalue weighted by molar-refractivity contribution is -0.133. The standard InChI is InChI=1S/C24H31N3O6S/c1-31-21-8-6-20(7-9-21)27(34(2,29)30)11-3-4-24(28)26-14-12-25(13-15-26)17-19-5-10-22-23(16-19)33-18-32-22/h5-10,16H,3-4,11-15,17-18H2,1-2H3. The predicted molar refractivity (Wildman–Crippen MR) is 129 cm³/mol. The van der Waals surface area contributed by atoms with Gasteiger partial charge in [-0.15, -0.1) is 0 Å². The van der Waals surface area contributed by atoms with Crippen LogP contribution in [0.15, 0.2) is 42.5 Å². The molecule has 0 unspecified atom stereocenters. The third kappa shape index (κ3) is 5.92. The Morgan fingerprint density at radius 1 is 1.03 bits per heavy atom. The Balaban J connectivity index is 1.24. The van der Waals surface area contributed by atoms with Crippen molar-refractivity contribution < 1.29 is 27.4 Å². The molecule has 2 aliphatic rings. The van der Waals surface area contributed by atoms with E-state index in [-0.39, 0.29) is 19.2 Å². The molecule has 2 heterocycles. The third-order valence-corrected chi connectivity index (χ3v) is 7.27. The Kier molecular flexibility index (Phi) is 7.47. The SMILES string of the molecule is COc1ccc(N(CCCC(=O)N2CCN(Cc3ccc4c(c3)OCO4)CC2)S(C)(=O)=O)cc1. The summed E-state index contributed by atoms with van der Waals surface area (Å²) in [7, 11) is -1.90. The normalized spacial score (nSPS) is 15.9. The van der Waals surface area contributed by atoms with Gasteiger partial charge >= 0.3 is 0 Å². The number of carbonyl (C=O) groups is 1. The molecule has 9 nitrogen and oxygen atoms in total. The summed E-state index contributed by atoms with van der Waals surface area (Å²) >= 11 is 0. The van der Waals surface area contributed by atoms with Gasteiger partial charge in [0, 0.05) is 45.7 Å². The Morgan fingerprint density at radius 2 is 1.74 bits per heavy atom. The molecule has 2 aromatic carbocycles. The Hall–Kier alpha value is -2.98. The summed E-state index contributed by atoms with van der Waals surface area (Å²) in [6.45, 7) is 4.23. The lowest BCUT2D eigenvalue weighted by atomic mass is 10.1. The maximum Gasteiger partial charge on any atom is 0.232 e. The van der Waals surface area contributed by atoms with Crippen molar-refractivity contribution in [2.75, 3.05) is 57.2 Å². The molecule has 0 aromatic heterocycles. The van der Waals surface area contributed by atoms with Gasteiger partial charge in [-0.2, -0.15) is 0 Å². The van der Waals surface area contributed by atoms with Crippen LogP contribution in [-0.4, -0.2) is 77.0 Å². The topological polar surface area (TPSA) is 88.6 Å². The van der Waals surface area contributed by atoms with Crippen LogP contribution in [0.4, 0.5) is 5.69 Å². The predicted octanol–water partition coefficient (Wildman–Crippen LogP) is 2.31. The monoisotopic (exact) mass is 489 g/mol. The van der Waals surface area contributed by atoms with Crippen LogP contribution in [0.3, 0.4) is 0 Å². The van der Waals surface area contributed by atoms with E-state index in [0.717, 1.165) is 36.7 Å². The first kappa shape index (κ1) is 24.2. The minimum absolute atomic E-state index is 0.0610. The first-order valence-electron chi connectivity index (χ1n) is 11.3. The zero-order valence-electron chi connectivity index (χ0n) is 19.6. The highest BCUT2D eigenvalue weighted by molar-refractivity contribution is 7.92. The smallest absolute Gasteiger partial charge is 0.232 e. The van der Waals surface area contributed by atoms with Gasteiger partial charge in [0.15, 0.2) is 11.5 Å². The molecule has 34 heavy (non-hydrogen) atoms. The Bertz CT molecular complexity index is 1100. The summed E-state index contributed by atoms with van der Waals surface area (Å²) < 4.78 is 41.9. The number of fused-ring (bicyclic) bond motifs is 1. The molecule has 10 heteroatoms. The van der Waals surface area contributed by atoms with E-state index in [1.54, 1.807) is 31.4 Å². The van der Waals surface area contributed by atoms with E-state index in [4.69, 9.17) is 14.2 Å². The number of hydrogen-bond acceptors (Lipinski definition) is 7. The van der Waals surface area contributed by atoms with Crippen molar-refractivity contribution in [3.8, 4) is 17.2 Å². The minimum Gasteiger partial charge on any atom is -0.497 e. The fraction of sp³-hybridized carbons (Fsp3) is 0.458. The summed E-state index contributed by atoms with van der Waals surface area (Å²) in [5.41, 5.74) is 1.72. The number of nitrogens with zero attached hydrogens (tertiary/aromatic N) is 3. The quantitative estimate of drug-likeness (QED) is 0.534. The first-order valence-corrected chi connectivity index (χ1v) is 13.2. The number of methoxy groups -OCH3 is 1. The maximum absolute atomic E-state index is 12.7. The second-order valence-corrected chi connectivity index (χ2v) is 10.4. The molecule has 2 aliphatic heterocycles. The molecule has 0 spiro atoms. The van der Waals surface area contributed by atoms with E-state index >= 15 is 0 Å². The molecular formula is C24H31N3O6S. The molecule has 0 aliphatic carbocycles. The van der Waals surface area contributed by atoms with Crippen LogP contribution in [0, 0.1) is 0 Å². The number of sulfonamides is 1. The highest BCUT2D eigenvalue weighted by Crippen LogP contribution is 2.33. The number of hydrogen-bond donors (Lipinski definition) is 0. The van der Waals surface area contributed by atoms with E-state index in [1.165, 1.54) is 10.6 Å². The fourth-order valence-electron chi connectivity index (χ4n) is 4.22. The van der Waals surface area contributed by atoms with Crippen molar-refractivity contribution in [1.82, 2.24) is 9.80 Å². The number of benzene rings is 2. The second-order valence-electron chi connectivity index (χ2n) is 8.48. The zero-order valence-corrected chi connectivity index (χ0v) is 20.4. The van der Waals surface area contributed by atoms with Gasteiger partial charge in [0.2, 0.25) is 22.7 Å². The highest BCUT2D eigenvalue weighted by Gasteiger charge is 2.23. The molecule has 1 amide bonds. The summed E-state index contributed by atoms with van der Waals surface area (Å²) in [6.07, 6.45) is 1.94. The van der Waals surface area contributed by atoms with Gasteiger partial charge in [0.25, 0.3) is 0 Å². The highest BCUT2D eigenvalue weighted by atomic mass is 32.2. The molecule has 1 saturated heterocycles. The van der Waals surface area contributed by atoms with Crippen molar-refractivity contribution >= 4 is 21.6 Å². The van der Waals surface area contributed by atoms with Gasteiger partial charge in [0.05, 0.1) is 19.1 Å². The number of amides is 1. The fourth-order valence-corrected chi connectivity index (χ4v) is 5.19. The van der Waals surface area contributed by atoms with Gasteiger partial charge in [0.1, 0.15) is 5.75 Å². The van der Waals surface area contributed by atoms with Crippen LogP contribution in [-0.2, 0) is 21.4 Å². The number of piperazine rings is 1. The van der Waals surface area contributed by atoms with E-state index < -0.39 is 10.0 Å². The lowest BCUT2D eigenvalue weighted by Gasteiger charge is -2.35. The molecule has 0 N–H and O–H groups in total. The summed E-state index contributed by atoms with van der Waals surface area (Å²) in [6, 6.07) is 12.9. The molecule has 0 bridgehead atoms. The van der Waals surface area contributed by atoms with E-state index in [9.17, 15) is 13.2 Å². The van der Waals surface area contributed by atoms with Crippen molar-refractivity contribution in [2.45, 2.75) is 19.4 Å². The van der Waals surface area contributed by atoms with E-state index in [2.05, 4.69) is 4.90 Å². The molecule has 0 radical (unpaired) electrons. The first-order chi connectivity index (χ1) is 16.3. The zero-order chi connectivity index (χ0) is 24.1. The summed E-state index contributed by atoms with van der Waals surface area (Å²) in [5, 5.41) is 0. The largest absolute Gasteiger partial charge is 0.497 e. The number of rotatable bonds is 9. The molecule has 1 fully saturated rings. The Morgan fingerprint density at radius 3 is 2.41 bits per heavy atom. The van der Waals surface area contributed by atoms with Gasteiger partial charge in [-0.25, -0.2) is 8.42 Å². The molecule has 2 aromatic rings. The lowest BCUT2D eigenvalue weighted by Crippen LogP contribution is -2.48. The Labute approximate surface area is 200 Å².